The molecule has 0 bridgehead atoms. The van der Waals surface area contributed by atoms with Crippen LogP contribution in [0.4, 0.5) is 10.1 Å². The highest BCUT2D eigenvalue weighted by molar-refractivity contribution is 7.92. The van der Waals surface area contributed by atoms with Crippen LogP contribution in [0.5, 0.6) is 11.5 Å². The summed E-state index contributed by atoms with van der Waals surface area (Å²) in [5, 5.41) is 2.79. The van der Waals surface area contributed by atoms with Gasteiger partial charge in [0.2, 0.25) is 11.8 Å². The highest BCUT2D eigenvalue weighted by Crippen LogP contribution is 2.34. The fourth-order valence-electron chi connectivity index (χ4n) is 4.57. The van der Waals surface area contributed by atoms with Gasteiger partial charge in [0.15, 0.2) is 11.5 Å². The highest BCUT2D eigenvalue weighted by Gasteiger charge is 2.29. The molecule has 3 aromatic rings. The van der Waals surface area contributed by atoms with Crippen molar-refractivity contribution in [3.63, 3.8) is 0 Å². The normalized spacial score (nSPS) is 14.8. The molecule has 3 aromatic carbocycles. The number of rotatable bonds is 9. The molecular formula is C28H28FN3O6S. The standard InChI is InChI=1S/C28H28FN3O6S/c29-22-7-9-23(10-8-22)32(39(35,36)24-11-12-25-26(16-24)38-15-14-37-25)19-27(33)30-17-20-4-1-2-5-21(20)18-31-13-3-6-28(31)34/h1-2,4-5,7-12,16H,3,6,13-15,17-19H2,(H,30,33). The summed E-state index contributed by atoms with van der Waals surface area (Å²) in [4.78, 5) is 26.9. The smallest absolute Gasteiger partial charge is 0.264 e. The summed E-state index contributed by atoms with van der Waals surface area (Å²) >= 11 is 0. The van der Waals surface area contributed by atoms with Crippen LogP contribution in [0, 0.1) is 5.82 Å². The maximum atomic E-state index is 13.7. The number of amides is 2. The van der Waals surface area contributed by atoms with Gasteiger partial charge in [-0.05, 0) is 53.9 Å². The summed E-state index contributed by atoms with van der Waals surface area (Å²) in [5.41, 5.74) is 1.87. The summed E-state index contributed by atoms with van der Waals surface area (Å²) in [6, 6.07) is 16.6. The van der Waals surface area contributed by atoms with Gasteiger partial charge in [-0.1, -0.05) is 24.3 Å². The van der Waals surface area contributed by atoms with E-state index in [2.05, 4.69) is 5.32 Å². The van der Waals surface area contributed by atoms with Crippen LogP contribution in [0.1, 0.15) is 24.0 Å². The summed E-state index contributed by atoms with van der Waals surface area (Å²) in [6.45, 7) is 1.41. The van der Waals surface area contributed by atoms with Crippen LogP contribution >= 0.6 is 0 Å². The van der Waals surface area contributed by atoms with E-state index in [1.807, 2.05) is 24.3 Å². The Labute approximate surface area is 226 Å². The maximum absolute atomic E-state index is 13.7. The van der Waals surface area contributed by atoms with E-state index < -0.39 is 28.3 Å². The second kappa shape index (κ2) is 11.3. The molecule has 2 aliphatic rings. The number of hydrogen-bond donors (Lipinski definition) is 1. The van der Waals surface area contributed by atoms with Gasteiger partial charge >= 0.3 is 0 Å². The van der Waals surface area contributed by atoms with Crippen molar-refractivity contribution in [2.45, 2.75) is 30.8 Å². The molecular weight excluding hydrogens is 525 g/mol. The van der Waals surface area contributed by atoms with Crippen molar-refractivity contribution in [1.29, 1.82) is 0 Å². The largest absolute Gasteiger partial charge is 0.486 e. The van der Waals surface area contributed by atoms with Gasteiger partial charge in [-0.15, -0.1) is 0 Å². The quantitative estimate of drug-likeness (QED) is 0.436. The molecule has 204 valence electrons. The first-order chi connectivity index (χ1) is 18.8. The number of nitrogens with one attached hydrogen (secondary N) is 1. The summed E-state index contributed by atoms with van der Waals surface area (Å²) in [7, 11) is -4.24. The van der Waals surface area contributed by atoms with Crippen LogP contribution in [0.25, 0.3) is 0 Å². The minimum absolute atomic E-state index is 0.0931. The molecule has 39 heavy (non-hydrogen) atoms. The average molecular weight is 554 g/mol. The van der Waals surface area contributed by atoms with Gasteiger partial charge in [0.05, 0.1) is 10.6 Å². The second-order valence-corrected chi connectivity index (χ2v) is 11.1. The number of ether oxygens (including phenoxy) is 2. The lowest BCUT2D eigenvalue weighted by atomic mass is 10.1. The second-order valence-electron chi connectivity index (χ2n) is 9.26. The van der Waals surface area contributed by atoms with E-state index in [9.17, 15) is 22.4 Å². The third-order valence-electron chi connectivity index (χ3n) is 6.63. The number of benzene rings is 3. The Kier molecular flexibility index (Phi) is 7.69. The third kappa shape index (κ3) is 5.98. The van der Waals surface area contributed by atoms with E-state index in [1.54, 1.807) is 4.90 Å². The number of fused-ring (bicyclic) bond motifs is 1. The van der Waals surface area contributed by atoms with E-state index >= 15 is 0 Å². The van der Waals surface area contributed by atoms with Gasteiger partial charge in [0, 0.05) is 32.1 Å². The Bertz CT molecular complexity index is 1480. The van der Waals surface area contributed by atoms with Gasteiger partial charge in [0.25, 0.3) is 10.0 Å². The lowest BCUT2D eigenvalue weighted by Crippen LogP contribution is -2.40. The van der Waals surface area contributed by atoms with Gasteiger partial charge in [-0.3, -0.25) is 13.9 Å². The van der Waals surface area contributed by atoms with E-state index in [4.69, 9.17) is 9.47 Å². The summed E-state index contributed by atoms with van der Waals surface area (Å²) in [5.74, 6) is -0.256. The predicted molar refractivity (Wildman–Crippen MR) is 141 cm³/mol. The number of carbonyl (C=O) groups excluding carboxylic acids is 2. The molecule has 2 aliphatic heterocycles. The van der Waals surface area contributed by atoms with Crippen LogP contribution in [0.2, 0.25) is 0 Å². The highest BCUT2D eigenvalue weighted by atomic mass is 32.2. The maximum Gasteiger partial charge on any atom is 0.264 e. The number of hydrogen-bond acceptors (Lipinski definition) is 6. The fraction of sp³-hybridized carbons (Fsp3) is 0.286. The zero-order valence-corrected chi connectivity index (χ0v) is 22.0. The first-order valence-corrected chi connectivity index (χ1v) is 14.0. The van der Waals surface area contributed by atoms with E-state index in [0.29, 0.717) is 37.6 Å². The van der Waals surface area contributed by atoms with Crippen LogP contribution in [-0.2, 0) is 32.7 Å². The molecule has 0 saturated carbocycles. The zero-order chi connectivity index (χ0) is 27.4. The molecule has 0 radical (unpaired) electrons. The van der Waals surface area contributed by atoms with E-state index in [-0.39, 0.29) is 29.6 Å². The molecule has 9 nitrogen and oxygen atoms in total. The van der Waals surface area contributed by atoms with Crippen molar-refractivity contribution >= 4 is 27.5 Å². The van der Waals surface area contributed by atoms with Crippen LogP contribution < -0.4 is 19.1 Å². The summed E-state index contributed by atoms with van der Waals surface area (Å²) < 4.78 is 53.0. The van der Waals surface area contributed by atoms with Gasteiger partial charge in [-0.25, -0.2) is 12.8 Å². The Morgan fingerprint density at radius 1 is 0.974 bits per heavy atom. The van der Waals surface area contributed by atoms with Gasteiger partial charge in [0.1, 0.15) is 25.6 Å². The average Bonchev–Trinajstić information content (AvgIpc) is 3.35. The van der Waals surface area contributed by atoms with Crippen molar-refractivity contribution in [3.8, 4) is 11.5 Å². The fourth-order valence-corrected chi connectivity index (χ4v) is 6.01. The van der Waals surface area contributed by atoms with Crippen molar-refractivity contribution in [3.05, 3.63) is 83.7 Å². The van der Waals surface area contributed by atoms with E-state index in [0.717, 1.165) is 34.0 Å². The molecule has 2 heterocycles. The lowest BCUT2D eigenvalue weighted by Gasteiger charge is -2.25. The van der Waals surface area contributed by atoms with Crippen molar-refractivity contribution < 1.29 is 31.9 Å². The molecule has 1 N–H and O–H groups in total. The van der Waals surface area contributed by atoms with Gasteiger partial charge in [-0.2, -0.15) is 0 Å². The van der Waals surface area contributed by atoms with Crippen molar-refractivity contribution in [2.75, 3.05) is 30.6 Å². The molecule has 0 aromatic heterocycles. The lowest BCUT2D eigenvalue weighted by molar-refractivity contribution is -0.128. The molecule has 0 aliphatic carbocycles. The molecule has 0 spiro atoms. The Morgan fingerprint density at radius 3 is 2.41 bits per heavy atom. The number of nitrogens with zero attached hydrogens (tertiary/aromatic N) is 2. The number of sulfonamides is 1. The zero-order valence-electron chi connectivity index (χ0n) is 21.1. The third-order valence-corrected chi connectivity index (χ3v) is 8.40. The number of halogens is 1. The minimum Gasteiger partial charge on any atom is -0.486 e. The van der Waals surface area contributed by atoms with Crippen molar-refractivity contribution in [2.24, 2.45) is 0 Å². The molecule has 5 rings (SSSR count). The molecule has 0 unspecified atom stereocenters. The van der Waals surface area contributed by atoms with Crippen LogP contribution in [0.15, 0.2) is 71.6 Å². The molecule has 1 saturated heterocycles. The molecule has 11 heteroatoms. The Balaban J connectivity index is 1.35. The molecule has 2 amide bonds. The van der Waals surface area contributed by atoms with Crippen LogP contribution in [-0.4, -0.2) is 51.4 Å². The van der Waals surface area contributed by atoms with E-state index in [1.165, 1.54) is 30.3 Å². The summed E-state index contributed by atoms with van der Waals surface area (Å²) in [6.07, 6.45) is 1.37. The number of likely N-dealkylation sites (tertiary alicyclic amines) is 1. The topological polar surface area (TPSA) is 105 Å². The molecule has 1 fully saturated rings. The van der Waals surface area contributed by atoms with Gasteiger partial charge < -0.3 is 19.7 Å². The Hall–Kier alpha value is -4.12. The predicted octanol–water partition coefficient (Wildman–Crippen LogP) is 3.23. The molecule has 0 atom stereocenters. The van der Waals surface area contributed by atoms with Crippen molar-refractivity contribution in [1.82, 2.24) is 10.2 Å². The first kappa shape index (κ1) is 26.5. The number of carbonyl (C=O) groups is 2. The van der Waals surface area contributed by atoms with Crippen LogP contribution in [0.3, 0.4) is 0 Å². The SMILES string of the molecule is O=C(CN(c1ccc(F)cc1)S(=O)(=O)c1ccc2c(c1)OCCO2)NCc1ccccc1CN1CCCC1=O. The number of anilines is 1. The monoisotopic (exact) mass is 553 g/mol. The first-order valence-electron chi connectivity index (χ1n) is 12.6. The Morgan fingerprint density at radius 2 is 1.69 bits per heavy atom. The minimum atomic E-state index is -4.24.